The van der Waals surface area contributed by atoms with Gasteiger partial charge in [-0.25, -0.2) is 4.39 Å². The Bertz CT molecular complexity index is 898. The van der Waals surface area contributed by atoms with E-state index >= 15 is 0 Å². The molecule has 3 rings (SSSR count). The Morgan fingerprint density at radius 3 is 2.38 bits per heavy atom. The molecule has 0 unspecified atom stereocenters. The van der Waals surface area contributed by atoms with Crippen molar-refractivity contribution in [1.29, 1.82) is 0 Å². The molecule has 5 heteroatoms. The predicted molar refractivity (Wildman–Crippen MR) is 101 cm³/mol. The van der Waals surface area contributed by atoms with E-state index in [-0.39, 0.29) is 18.1 Å². The van der Waals surface area contributed by atoms with Crippen molar-refractivity contribution in [2.75, 3.05) is 17.7 Å². The molecule has 0 aliphatic rings. The molecule has 0 bridgehead atoms. The zero-order valence-corrected chi connectivity index (χ0v) is 14.3. The van der Waals surface area contributed by atoms with Gasteiger partial charge in [0.25, 0.3) is 0 Å². The fourth-order valence-corrected chi connectivity index (χ4v) is 2.57. The molecule has 0 radical (unpaired) electrons. The molecule has 0 aliphatic carbocycles. The van der Waals surface area contributed by atoms with E-state index in [1.807, 2.05) is 54.6 Å². The average Bonchev–Trinajstić information content (AvgIpc) is 2.63. The molecule has 3 aromatic carbocycles. The monoisotopic (exact) mass is 350 g/mol. The number of halogens is 1. The van der Waals surface area contributed by atoms with Crippen LogP contribution in [0.1, 0.15) is 5.56 Å². The molecule has 0 saturated heterocycles. The van der Waals surface area contributed by atoms with Gasteiger partial charge >= 0.3 is 0 Å². The topological polar surface area (TPSA) is 50.4 Å². The van der Waals surface area contributed by atoms with E-state index in [0.717, 1.165) is 11.4 Å². The number of methoxy groups -OCH3 is 1. The van der Waals surface area contributed by atoms with E-state index in [2.05, 4.69) is 10.6 Å². The fourth-order valence-electron chi connectivity index (χ4n) is 2.57. The van der Waals surface area contributed by atoms with Crippen LogP contribution < -0.4 is 15.4 Å². The number of ether oxygens (including phenoxy) is 1. The average molecular weight is 350 g/mol. The van der Waals surface area contributed by atoms with Gasteiger partial charge in [0.2, 0.25) is 5.91 Å². The quantitative estimate of drug-likeness (QED) is 0.674. The van der Waals surface area contributed by atoms with E-state index in [0.29, 0.717) is 11.3 Å². The van der Waals surface area contributed by atoms with Crippen molar-refractivity contribution in [1.82, 2.24) is 0 Å². The number of anilines is 3. The number of benzene rings is 3. The Kier molecular flexibility index (Phi) is 5.49. The Hall–Kier alpha value is -3.34. The van der Waals surface area contributed by atoms with Crippen LogP contribution in [0.15, 0.2) is 72.8 Å². The minimum absolute atomic E-state index is 0.0806. The van der Waals surface area contributed by atoms with Gasteiger partial charge < -0.3 is 15.4 Å². The van der Waals surface area contributed by atoms with Crippen LogP contribution in [0.4, 0.5) is 21.5 Å². The number of carbonyl (C=O) groups is 1. The van der Waals surface area contributed by atoms with Crippen LogP contribution in [0, 0.1) is 5.82 Å². The molecule has 0 atom stereocenters. The van der Waals surface area contributed by atoms with Crippen molar-refractivity contribution in [2.24, 2.45) is 0 Å². The third-order valence-electron chi connectivity index (χ3n) is 3.79. The van der Waals surface area contributed by atoms with E-state index in [9.17, 15) is 9.18 Å². The maximum Gasteiger partial charge on any atom is 0.228 e. The smallest absolute Gasteiger partial charge is 0.228 e. The summed E-state index contributed by atoms with van der Waals surface area (Å²) in [6.45, 7) is 0. The summed E-state index contributed by atoms with van der Waals surface area (Å²) in [4.78, 5) is 12.2. The summed E-state index contributed by atoms with van der Waals surface area (Å²) in [6.07, 6.45) is 0.0806. The number of carbonyl (C=O) groups excluding carboxylic acids is 1. The molecule has 0 fully saturated rings. The highest BCUT2D eigenvalue weighted by Gasteiger charge is 2.08. The second-order valence-corrected chi connectivity index (χ2v) is 5.77. The lowest BCUT2D eigenvalue weighted by atomic mass is 10.1. The lowest BCUT2D eigenvalue weighted by Gasteiger charge is -2.10. The Labute approximate surface area is 151 Å². The summed E-state index contributed by atoms with van der Waals surface area (Å²) in [6, 6.07) is 21.7. The molecule has 132 valence electrons. The molecule has 0 saturated carbocycles. The first-order valence-electron chi connectivity index (χ1n) is 8.18. The van der Waals surface area contributed by atoms with Crippen LogP contribution >= 0.6 is 0 Å². The van der Waals surface area contributed by atoms with Gasteiger partial charge in [0.15, 0.2) is 11.6 Å². The molecule has 26 heavy (non-hydrogen) atoms. The maximum atomic E-state index is 13.7. The van der Waals surface area contributed by atoms with E-state index in [1.165, 1.54) is 19.2 Å². The van der Waals surface area contributed by atoms with Crippen LogP contribution in [0.3, 0.4) is 0 Å². The zero-order valence-electron chi connectivity index (χ0n) is 14.3. The molecular weight excluding hydrogens is 331 g/mol. The number of hydrogen-bond donors (Lipinski definition) is 2. The number of nitrogens with one attached hydrogen (secondary N) is 2. The Balaban J connectivity index is 1.64. The van der Waals surface area contributed by atoms with Crippen LogP contribution in [-0.2, 0) is 11.2 Å². The fraction of sp³-hybridized carbons (Fsp3) is 0.0952. The van der Waals surface area contributed by atoms with Crippen molar-refractivity contribution in [2.45, 2.75) is 6.42 Å². The van der Waals surface area contributed by atoms with E-state index in [4.69, 9.17) is 4.74 Å². The molecule has 4 nitrogen and oxygen atoms in total. The highest BCUT2D eigenvalue weighted by atomic mass is 19.1. The lowest BCUT2D eigenvalue weighted by molar-refractivity contribution is -0.115. The number of amides is 1. The summed E-state index contributed by atoms with van der Waals surface area (Å²) in [5, 5.41) is 6.10. The largest absolute Gasteiger partial charge is 0.494 e. The third-order valence-corrected chi connectivity index (χ3v) is 3.79. The van der Waals surface area contributed by atoms with Gasteiger partial charge in [-0.1, -0.05) is 30.3 Å². The van der Waals surface area contributed by atoms with Crippen LogP contribution in [0.5, 0.6) is 5.75 Å². The Morgan fingerprint density at radius 2 is 1.65 bits per heavy atom. The standard InChI is InChI=1S/C21H19FN2O2/c1-26-20-11-10-15(12-19(20)22)13-21(25)24-18-9-5-8-17(14-18)23-16-6-3-2-4-7-16/h2-12,14,23H,13H2,1H3,(H,24,25). The minimum atomic E-state index is -0.480. The number of rotatable bonds is 6. The first-order chi connectivity index (χ1) is 12.6. The molecule has 0 aliphatic heterocycles. The van der Waals surface area contributed by atoms with Gasteiger partial charge in [0, 0.05) is 17.1 Å². The van der Waals surface area contributed by atoms with Gasteiger partial charge in [-0.3, -0.25) is 4.79 Å². The first kappa shape index (κ1) is 17.5. The van der Waals surface area contributed by atoms with Crippen LogP contribution in [0.25, 0.3) is 0 Å². The summed E-state index contributed by atoms with van der Waals surface area (Å²) in [7, 11) is 1.40. The first-order valence-corrected chi connectivity index (χ1v) is 8.18. The highest BCUT2D eigenvalue weighted by Crippen LogP contribution is 2.21. The molecule has 3 aromatic rings. The van der Waals surface area contributed by atoms with Gasteiger partial charge in [-0.15, -0.1) is 0 Å². The second kappa shape index (κ2) is 8.16. The van der Waals surface area contributed by atoms with Gasteiger partial charge in [-0.2, -0.15) is 0 Å². The number of hydrogen-bond acceptors (Lipinski definition) is 3. The molecule has 0 aromatic heterocycles. The van der Waals surface area contributed by atoms with Gasteiger partial charge in [-0.05, 0) is 48.0 Å². The minimum Gasteiger partial charge on any atom is -0.494 e. The van der Waals surface area contributed by atoms with Crippen molar-refractivity contribution in [3.8, 4) is 5.75 Å². The maximum absolute atomic E-state index is 13.7. The molecule has 0 heterocycles. The van der Waals surface area contributed by atoms with Crippen molar-refractivity contribution in [3.05, 3.63) is 84.2 Å². The number of para-hydroxylation sites is 1. The highest BCUT2D eigenvalue weighted by molar-refractivity contribution is 5.92. The molecule has 2 N–H and O–H groups in total. The van der Waals surface area contributed by atoms with Crippen molar-refractivity contribution < 1.29 is 13.9 Å². The molecule has 0 spiro atoms. The summed E-state index contributed by atoms with van der Waals surface area (Å²) >= 11 is 0. The zero-order chi connectivity index (χ0) is 18.4. The van der Waals surface area contributed by atoms with E-state index in [1.54, 1.807) is 6.07 Å². The third kappa shape index (κ3) is 4.60. The molecule has 1 amide bonds. The van der Waals surface area contributed by atoms with Crippen LogP contribution in [-0.4, -0.2) is 13.0 Å². The van der Waals surface area contributed by atoms with Crippen LogP contribution in [0.2, 0.25) is 0 Å². The van der Waals surface area contributed by atoms with Gasteiger partial charge in [0.05, 0.1) is 13.5 Å². The van der Waals surface area contributed by atoms with Crippen molar-refractivity contribution >= 4 is 23.0 Å². The predicted octanol–water partition coefficient (Wildman–Crippen LogP) is 4.76. The summed E-state index contributed by atoms with van der Waals surface area (Å²) < 4.78 is 18.6. The normalized spacial score (nSPS) is 10.2. The second-order valence-electron chi connectivity index (χ2n) is 5.77. The Morgan fingerprint density at radius 1 is 0.923 bits per heavy atom. The van der Waals surface area contributed by atoms with Crippen molar-refractivity contribution in [3.63, 3.8) is 0 Å². The molecular formula is C21H19FN2O2. The van der Waals surface area contributed by atoms with E-state index < -0.39 is 5.82 Å². The summed E-state index contributed by atoms with van der Waals surface area (Å²) in [5.74, 6) is -0.535. The van der Waals surface area contributed by atoms with Gasteiger partial charge in [0.1, 0.15) is 0 Å². The lowest BCUT2D eigenvalue weighted by Crippen LogP contribution is -2.14. The summed E-state index contributed by atoms with van der Waals surface area (Å²) in [5.41, 5.74) is 3.08. The SMILES string of the molecule is COc1ccc(CC(=O)Nc2cccc(Nc3ccccc3)c2)cc1F.